The van der Waals surface area contributed by atoms with Crippen molar-refractivity contribution in [3.8, 4) is 5.75 Å². The number of fused-ring (bicyclic) bond motifs is 1. The molecule has 3 heteroatoms. The number of hydrogen-bond acceptors (Lipinski definition) is 2. The maximum absolute atomic E-state index is 9.46. The maximum Gasteiger partial charge on any atom is 0.115 e. The van der Waals surface area contributed by atoms with Gasteiger partial charge in [0.05, 0.1) is 5.69 Å². The lowest BCUT2D eigenvalue weighted by molar-refractivity contribution is 0.394. The number of aromatic hydroxyl groups is 1. The van der Waals surface area contributed by atoms with Crippen LogP contribution in [0.2, 0.25) is 0 Å². The summed E-state index contributed by atoms with van der Waals surface area (Å²) in [6.07, 6.45) is 5.28. The summed E-state index contributed by atoms with van der Waals surface area (Å²) in [5.74, 6) is 2.29. The Bertz CT molecular complexity index is 559. The molecule has 2 aromatic rings. The number of phenols is 1. The normalized spacial score (nSPS) is 18.6. The van der Waals surface area contributed by atoms with Gasteiger partial charge in [-0.3, -0.25) is 0 Å². The van der Waals surface area contributed by atoms with Crippen LogP contribution < -0.4 is 0 Å². The van der Waals surface area contributed by atoms with Crippen molar-refractivity contribution in [1.82, 2.24) is 9.55 Å². The summed E-state index contributed by atoms with van der Waals surface area (Å²) < 4.78 is 2.28. The number of benzene rings is 1. The van der Waals surface area contributed by atoms with E-state index in [4.69, 9.17) is 4.98 Å². The van der Waals surface area contributed by atoms with Crippen LogP contribution >= 0.6 is 0 Å². The fourth-order valence-corrected chi connectivity index (χ4v) is 2.63. The monoisotopic (exact) mass is 242 g/mol. The fraction of sp³-hybridized carbons (Fsp3) is 0.400. The van der Waals surface area contributed by atoms with Crippen molar-refractivity contribution in [2.45, 2.75) is 32.7 Å². The van der Waals surface area contributed by atoms with Crippen molar-refractivity contribution >= 4 is 0 Å². The van der Waals surface area contributed by atoms with Gasteiger partial charge < -0.3 is 9.67 Å². The molecule has 0 saturated carbocycles. The van der Waals surface area contributed by atoms with Gasteiger partial charge in [0.1, 0.15) is 11.6 Å². The Labute approximate surface area is 107 Å². The van der Waals surface area contributed by atoms with E-state index >= 15 is 0 Å². The van der Waals surface area contributed by atoms with E-state index in [9.17, 15) is 5.11 Å². The minimum Gasteiger partial charge on any atom is -0.508 e. The minimum atomic E-state index is 0.324. The molecule has 0 aliphatic carbocycles. The van der Waals surface area contributed by atoms with Crippen molar-refractivity contribution < 1.29 is 5.11 Å². The zero-order valence-corrected chi connectivity index (χ0v) is 10.6. The van der Waals surface area contributed by atoms with Crippen LogP contribution in [0.25, 0.3) is 0 Å². The average Bonchev–Trinajstić information content (AvgIpc) is 2.70. The van der Waals surface area contributed by atoms with Crippen molar-refractivity contribution in [3.05, 3.63) is 47.5 Å². The predicted molar refractivity (Wildman–Crippen MR) is 70.6 cm³/mol. The average molecular weight is 242 g/mol. The molecule has 3 rings (SSSR count). The number of hydrogen-bond donors (Lipinski definition) is 1. The molecule has 2 heterocycles. The Hall–Kier alpha value is -1.77. The summed E-state index contributed by atoms with van der Waals surface area (Å²) in [6.45, 7) is 3.38. The molecule has 1 unspecified atom stereocenters. The van der Waals surface area contributed by atoms with Gasteiger partial charge in [-0.1, -0.05) is 19.1 Å². The molecule has 1 aliphatic rings. The largest absolute Gasteiger partial charge is 0.508 e. The van der Waals surface area contributed by atoms with Crippen molar-refractivity contribution in [3.63, 3.8) is 0 Å². The van der Waals surface area contributed by atoms with E-state index in [1.54, 1.807) is 12.1 Å². The Morgan fingerprint density at radius 3 is 3.17 bits per heavy atom. The molecule has 0 amide bonds. The van der Waals surface area contributed by atoms with E-state index < -0.39 is 0 Å². The SMILES string of the molecule is CC1CCc2nc(Cc3cccc(O)c3)cn2C1. The summed E-state index contributed by atoms with van der Waals surface area (Å²) in [5.41, 5.74) is 2.21. The first-order valence-electron chi connectivity index (χ1n) is 6.53. The van der Waals surface area contributed by atoms with Crippen LogP contribution in [0, 0.1) is 5.92 Å². The number of phenolic OH excluding ortho intramolecular Hbond substituents is 1. The molecule has 1 aromatic heterocycles. The standard InChI is InChI=1S/C15H18N2O/c1-11-5-6-15-16-13(10-17(15)9-11)7-12-3-2-4-14(18)8-12/h2-4,8,10-11,18H,5-7,9H2,1H3. The molecule has 1 N–H and O–H groups in total. The van der Waals surface area contributed by atoms with E-state index in [1.807, 2.05) is 12.1 Å². The quantitative estimate of drug-likeness (QED) is 0.879. The van der Waals surface area contributed by atoms with Gasteiger partial charge >= 0.3 is 0 Å². The molecule has 1 aliphatic heterocycles. The van der Waals surface area contributed by atoms with Crippen molar-refractivity contribution in [1.29, 1.82) is 0 Å². The number of aromatic nitrogens is 2. The highest BCUT2D eigenvalue weighted by atomic mass is 16.3. The molecule has 18 heavy (non-hydrogen) atoms. The summed E-state index contributed by atoms with van der Waals surface area (Å²) in [6, 6.07) is 7.41. The molecule has 1 aromatic carbocycles. The minimum absolute atomic E-state index is 0.324. The summed E-state index contributed by atoms with van der Waals surface area (Å²) in [4.78, 5) is 4.69. The van der Waals surface area contributed by atoms with E-state index in [-0.39, 0.29) is 0 Å². The molecule has 1 atom stereocenters. The zero-order chi connectivity index (χ0) is 12.5. The van der Waals surface area contributed by atoms with Gasteiger partial charge in [0, 0.05) is 25.6 Å². The lowest BCUT2D eigenvalue weighted by atomic mass is 10.0. The third kappa shape index (κ3) is 2.26. The Balaban J connectivity index is 1.82. The molecule has 0 spiro atoms. The van der Waals surface area contributed by atoms with Crippen LogP contribution in [0.4, 0.5) is 0 Å². The highest BCUT2D eigenvalue weighted by molar-refractivity contribution is 5.30. The van der Waals surface area contributed by atoms with E-state index in [0.29, 0.717) is 5.75 Å². The second kappa shape index (κ2) is 4.48. The Morgan fingerprint density at radius 1 is 1.44 bits per heavy atom. The van der Waals surface area contributed by atoms with Gasteiger partial charge in [0.15, 0.2) is 0 Å². The molecule has 3 nitrogen and oxygen atoms in total. The van der Waals surface area contributed by atoms with E-state index in [1.165, 1.54) is 12.2 Å². The van der Waals surface area contributed by atoms with Crippen LogP contribution in [0.3, 0.4) is 0 Å². The molecular weight excluding hydrogens is 224 g/mol. The summed E-state index contributed by atoms with van der Waals surface area (Å²) in [7, 11) is 0. The first-order valence-corrected chi connectivity index (χ1v) is 6.53. The summed E-state index contributed by atoms with van der Waals surface area (Å²) in [5, 5.41) is 9.46. The molecule has 94 valence electrons. The number of nitrogens with zero attached hydrogens (tertiary/aromatic N) is 2. The Morgan fingerprint density at radius 2 is 2.33 bits per heavy atom. The van der Waals surface area contributed by atoms with Crippen molar-refractivity contribution in [2.24, 2.45) is 5.92 Å². The predicted octanol–water partition coefficient (Wildman–Crippen LogP) is 2.76. The first kappa shape index (κ1) is 11.3. The lowest BCUT2D eigenvalue weighted by Gasteiger charge is -2.19. The van der Waals surface area contributed by atoms with Gasteiger partial charge in [-0.05, 0) is 30.0 Å². The molecule has 0 fully saturated rings. The third-order valence-corrected chi connectivity index (χ3v) is 3.57. The van der Waals surface area contributed by atoms with Crippen LogP contribution in [0.1, 0.15) is 30.4 Å². The lowest BCUT2D eigenvalue weighted by Crippen LogP contribution is -2.17. The van der Waals surface area contributed by atoms with Crippen LogP contribution in [0.15, 0.2) is 30.5 Å². The number of imidazole rings is 1. The Kier molecular flexibility index (Phi) is 2.82. The number of aryl methyl sites for hydroxylation is 1. The van der Waals surface area contributed by atoms with Gasteiger partial charge in [0.2, 0.25) is 0 Å². The second-order valence-corrected chi connectivity index (χ2v) is 5.29. The third-order valence-electron chi connectivity index (χ3n) is 3.57. The second-order valence-electron chi connectivity index (χ2n) is 5.29. The van der Waals surface area contributed by atoms with Crippen LogP contribution in [0.5, 0.6) is 5.75 Å². The number of rotatable bonds is 2. The fourth-order valence-electron chi connectivity index (χ4n) is 2.63. The smallest absolute Gasteiger partial charge is 0.115 e. The molecular formula is C15H18N2O. The van der Waals surface area contributed by atoms with Crippen molar-refractivity contribution in [2.75, 3.05) is 0 Å². The molecule has 0 radical (unpaired) electrons. The van der Waals surface area contributed by atoms with Gasteiger partial charge in [-0.2, -0.15) is 0 Å². The van der Waals surface area contributed by atoms with Gasteiger partial charge in [0.25, 0.3) is 0 Å². The van der Waals surface area contributed by atoms with E-state index in [0.717, 1.165) is 36.6 Å². The highest BCUT2D eigenvalue weighted by Crippen LogP contribution is 2.21. The highest BCUT2D eigenvalue weighted by Gasteiger charge is 2.17. The topological polar surface area (TPSA) is 38.1 Å². The summed E-state index contributed by atoms with van der Waals surface area (Å²) >= 11 is 0. The van der Waals surface area contributed by atoms with Gasteiger partial charge in [-0.25, -0.2) is 4.98 Å². The first-order chi connectivity index (χ1) is 8.70. The molecule has 0 saturated heterocycles. The van der Waals surface area contributed by atoms with E-state index in [2.05, 4.69) is 17.7 Å². The zero-order valence-electron chi connectivity index (χ0n) is 10.6. The molecule has 0 bridgehead atoms. The van der Waals surface area contributed by atoms with Crippen LogP contribution in [-0.4, -0.2) is 14.7 Å². The maximum atomic E-state index is 9.46. The van der Waals surface area contributed by atoms with Crippen LogP contribution in [-0.2, 0) is 19.4 Å². The van der Waals surface area contributed by atoms with Gasteiger partial charge in [-0.15, -0.1) is 0 Å².